The molecule has 1 unspecified atom stereocenters. The predicted molar refractivity (Wildman–Crippen MR) is 91.5 cm³/mol. The van der Waals surface area contributed by atoms with Gasteiger partial charge in [-0.1, -0.05) is 12.1 Å². The molecule has 0 bridgehead atoms. The van der Waals surface area contributed by atoms with E-state index >= 15 is 0 Å². The van der Waals surface area contributed by atoms with Gasteiger partial charge in [-0.15, -0.1) is 12.4 Å². The number of hydrogen-bond acceptors (Lipinski definition) is 3. The van der Waals surface area contributed by atoms with E-state index in [2.05, 4.69) is 12.1 Å². The van der Waals surface area contributed by atoms with Crippen LogP contribution in [0.4, 0.5) is 0 Å². The quantitative estimate of drug-likeness (QED) is 0.905. The van der Waals surface area contributed by atoms with E-state index in [9.17, 15) is 4.79 Å². The van der Waals surface area contributed by atoms with E-state index in [-0.39, 0.29) is 24.4 Å². The minimum Gasteiger partial charge on any atom is -0.497 e. The zero-order valence-corrected chi connectivity index (χ0v) is 14.3. The fourth-order valence-corrected chi connectivity index (χ4v) is 2.89. The number of nitrogens with two attached hydrogens (primary N) is 1. The maximum Gasteiger partial charge on any atom is 0.224 e. The Labute approximate surface area is 139 Å². The van der Waals surface area contributed by atoms with Crippen LogP contribution in [0.15, 0.2) is 24.3 Å². The number of ether oxygens (including phenoxy) is 1. The molecule has 1 atom stereocenters. The molecule has 0 radical (unpaired) electrons. The molecule has 1 heterocycles. The van der Waals surface area contributed by atoms with Crippen LogP contribution in [0.3, 0.4) is 0 Å². The standard InChI is InChI=1S/C17H26N2O2.ClH/c1-13(18)11-17(20)19-9-7-15(8-10-19)12-14-3-5-16(21-2)6-4-14;/h3-6,13,15H,7-12,18H2,1-2H3;1H. The molecule has 1 saturated heterocycles. The molecule has 0 aromatic heterocycles. The van der Waals surface area contributed by atoms with Crippen molar-refractivity contribution < 1.29 is 9.53 Å². The summed E-state index contributed by atoms with van der Waals surface area (Å²) < 4.78 is 5.18. The summed E-state index contributed by atoms with van der Waals surface area (Å²) in [4.78, 5) is 13.9. The van der Waals surface area contributed by atoms with Crippen molar-refractivity contribution in [3.63, 3.8) is 0 Å². The zero-order chi connectivity index (χ0) is 15.2. The highest BCUT2D eigenvalue weighted by atomic mass is 35.5. The predicted octanol–water partition coefficient (Wildman–Crippen LogP) is 2.64. The Hall–Kier alpha value is -1.26. The molecule has 0 aliphatic carbocycles. The van der Waals surface area contributed by atoms with Crippen molar-refractivity contribution in [2.24, 2.45) is 11.7 Å². The highest BCUT2D eigenvalue weighted by molar-refractivity contribution is 5.85. The molecule has 0 saturated carbocycles. The van der Waals surface area contributed by atoms with Gasteiger partial charge in [0.15, 0.2) is 0 Å². The average molecular weight is 327 g/mol. The Bertz CT molecular complexity index is 454. The molecule has 1 aliphatic heterocycles. The lowest BCUT2D eigenvalue weighted by Crippen LogP contribution is -2.40. The molecule has 2 N–H and O–H groups in total. The molecule has 1 aliphatic rings. The first-order valence-corrected chi connectivity index (χ1v) is 7.74. The largest absolute Gasteiger partial charge is 0.497 e. The number of carbonyl (C=O) groups excluding carboxylic acids is 1. The smallest absolute Gasteiger partial charge is 0.224 e. The average Bonchev–Trinajstić information content (AvgIpc) is 2.48. The highest BCUT2D eigenvalue weighted by Gasteiger charge is 2.23. The fraction of sp³-hybridized carbons (Fsp3) is 0.588. The lowest BCUT2D eigenvalue weighted by Gasteiger charge is -2.32. The van der Waals surface area contributed by atoms with Crippen LogP contribution in [-0.4, -0.2) is 37.0 Å². The van der Waals surface area contributed by atoms with Crippen molar-refractivity contribution in [3.8, 4) is 5.75 Å². The van der Waals surface area contributed by atoms with Gasteiger partial charge >= 0.3 is 0 Å². The van der Waals surface area contributed by atoms with Gasteiger partial charge in [0.2, 0.25) is 5.91 Å². The van der Waals surface area contributed by atoms with Crippen LogP contribution in [0.5, 0.6) is 5.75 Å². The maximum atomic E-state index is 12.0. The lowest BCUT2D eigenvalue weighted by atomic mass is 9.90. The summed E-state index contributed by atoms with van der Waals surface area (Å²) in [7, 11) is 1.68. The number of nitrogens with zero attached hydrogens (tertiary/aromatic N) is 1. The monoisotopic (exact) mass is 326 g/mol. The Morgan fingerprint density at radius 2 is 1.91 bits per heavy atom. The molecule has 5 heteroatoms. The number of piperidine rings is 1. The van der Waals surface area contributed by atoms with Gasteiger partial charge in [-0.05, 0) is 49.8 Å². The summed E-state index contributed by atoms with van der Waals surface area (Å²) in [6.07, 6.45) is 3.70. The number of benzene rings is 1. The van der Waals surface area contributed by atoms with Crippen LogP contribution in [0, 0.1) is 5.92 Å². The number of halogens is 1. The topological polar surface area (TPSA) is 55.6 Å². The fourth-order valence-electron chi connectivity index (χ4n) is 2.89. The molecule has 2 rings (SSSR count). The van der Waals surface area contributed by atoms with Gasteiger partial charge in [-0.25, -0.2) is 0 Å². The van der Waals surface area contributed by atoms with Crippen LogP contribution in [0.25, 0.3) is 0 Å². The maximum absolute atomic E-state index is 12.0. The third kappa shape index (κ3) is 5.50. The van der Waals surface area contributed by atoms with Crippen LogP contribution >= 0.6 is 12.4 Å². The van der Waals surface area contributed by atoms with Gasteiger partial charge in [-0.2, -0.15) is 0 Å². The van der Waals surface area contributed by atoms with E-state index in [0.29, 0.717) is 12.3 Å². The molecule has 1 fully saturated rings. The lowest BCUT2D eigenvalue weighted by molar-refractivity contribution is -0.132. The van der Waals surface area contributed by atoms with Gasteiger partial charge in [0, 0.05) is 25.6 Å². The van der Waals surface area contributed by atoms with Crippen LogP contribution in [-0.2, 0) is 11.2 Å². The molecule has 124 valence electrons. The molecule has 4 nitrogen and oxygen atoms in total. The number of likely N-dealkylation sites (tertiary alicyclic amines) is 1. The molecule has 22 heavy (non-hydrogen) atoms. The summed E-state index contributed by atoms with van der Waals surface area (Å²) in [5.74, 6) is 1.76. The molecule has 1 aromatic rings. The van der Waals surface area contributed by atoms with E-state index in [1.54, 1.807) is 7.11 Å². The summed E-state index contributed by atoms with van der Waals surface area (Å²) in [6.45, 7) is 3.62. The van der Waals surface area contributed by atoms with Gasteiger partial charge < -0.3 is 15.4 Å². The first kappa shape index (κ1) is 18.8. The van der Waals surface area contributed by atoms with E-state index in [0.717, 1.165) is 38.1 Å². The molecule has 0 spiro atoms. The number of methoxy groups -OCH3 is 1. The number of rotatable bonds is 5. The van der Waals surface area contributed by atoms with E-state index in [1.165, 1.54) is 5.56 Å². The van der Waals surface area contributed by atoms with Crippen LogP contribution < -0.4 is 10.5 Å². The molecular weight excluding hydrogens is 300 g/mol. The first-order chi connectivity index (χ1) is 10.1. The van der Waals surface area contributed by atoms with Crippen molar-refractivity contribution in [1.29, 1.82) is 0 Å². The van der Waals surface area contributed by atoms with Crippen molar-refractivity contribution >= 4 is 18.3 Å². The highest BCUT2D eigenvalue weighted by Crippen LogP contribution is 2.23. The van der Waals surface area contributed by atoms with Gasteiger partial charge in [0.05, 0.1) is 7.11 Å². The van der Waals surface area contributed by atoms with Gasteiger partial charge in [0.25, 0.3) is 0 Å². The summed E-state index contributed by atoms with van der Waals surface area (Å²) in [5.41, 5.74) is 7.04. The number of amides is 1. The van der Waals surface area contributed by atoms with Crippen LogP contribution in [0.2, 0.25) is 0 Å². The number of hydrogen-bond donors (Lipinski definition) is 1. The van der Waals surface area contributed by atoms with Crippen molar-refractivity contribution in [1.82, 2.24) is 4.90 Å². The first-order valence-electron chi connectivity index (χ1n) is 7.74. The Balaban J connectivity index is 0.00000242. The minimum atomic E-state index is -0.0467. The molecular formula is C17H27ClN2O2. The van der Waals surface area contributed by atoms with E-state index in [4.69, 9.17) is 10.5 Å². The molecule has 1 amide bonds. The van der Waals surface area contributed by atoms with E-state index < -0.39 is 0 Å². The third-order valence-corrected chi connectivity index (χ3v) is 4.15. The minimum absolute atomic E-state index is 0. The van der Waals surface area contributed by atoms with Gasteiger partial charge in [-0.3, -0.25) is 4.79 Å². The SMILES string of the molecule is COc1ccc(CC2CCN(C(=O)CC(C)N)CC2)cc1.Cl. The summed E-state index contributed by atoms with van der Waals surface area (Å²) in [6, 6.07) is 8.24. The summed E-state index contributed by atoms with van der Waals surface area (Å²) >= 11 is 0. The van der Waals surface area contributed by atoms with Crippen molar-refractivity contribution in [3.05, 3.63) is 29.8 Å². The second-order valence-corrected chi connectivity index (χ2v) is 6.06. The second-order valence-electron chi connectivity index (χ2n) is 6.06. The summed E-state index contributed by atoms with van der Waals surface area (Å²) in [5, 5.41) is 0. The number of carbonyl (C=O) groups is 1. The second kappa shape index (κ2) is 9.01. The van der Waals surface area contributed by atoms with Crippen molar-refractivity contribution in [2.75, 3.05) is 20.2 Å². The van der Waals surface area contributed by atoms with Crippen LogP contribution in [0.1, 0.15) is 31.7 Å². The Kier molecular flexibility index (Phi) is 7.69. The third-order valence-electron chi connectivity index (χ3n) is 4.15. The normalized spacial score (nSPS) is 16.8. The van der Waals surface area contributed by atoms with Gasteiger partial charge in [0.1, 0.15) is 5.75 Å². The Morgan fingerprint density at radius 3 is 2.41 bits per heavy atom. The van der Waals surface area contributed by atoms with E-state index in [1.807, 2.05) is 24.0 Å². The zero-order valence-electron chi connectivity index (χ0n) is 13.5. The Morgan fingerprint density at radius 1 is 1.32 bits per heavy atom. The molecule has 1 aromatic carbocycles. The van der Waals surface area contributed by atoms with Crippen molar-refractivity contribution in [2.45, 2.75) is 38.6 Å².